The van der Waals surface area contributed by atoms with Crippen molar-refractivity contribution in [3.05, 3.63) is 29.8 Å². The van der Waals surface area contributed by atoms with E-state index in [1.54, 1.807) is 6.07 Å². The summed E-state index contributed by atoms with van der Waals surface area (Å²) in [6, 6.07) is 4.30. The number of hydrogen-bond acceptors (Lipinski definition) is 2. The van der Waals surface area contributed by atoms with E-state index >= 15 is 0 Å². The van der Waals surface area contributed by atoms with Crippen LogP contribution in [0.15, 0.2) is 18.2 Å². The van der Waals surface area contributed by atoms with Crippen molar-refractivity contribution in [1.29, 1.82) is 0 Å². The van der Waals surface area contributed by atoms with Crippen LogP contribution < -0.4 is 10.2 Å². The summed E-state index contributed by atoms with van der Waals surface area (Å²) in [4.78, 5) is 2.05. The first-order valence-electron chi connectivity index (χ1n) is 8.16. The lowest BCUT2D eigenvalue weighted by Gasteiger charge is -2.35. The average molecular weight is 294 g/mol. The van der Waals surface area contributed by atoms with Gasteiger partial charge in [-0.1, -0.05) is 12.8 Å². The van der Waals surface area contributed by atoms with Crippen LogP contribution in [0, 0.1) is 17.6 Å². The summed E-state index contributed by atoms with van der Waals surface area (Å²) < 4.78 is 26.9. The van der Waals surface area contributed by atoms with Gasteiger partial charge in [-0.3, -0.25) is 0 Å². The third-order valence-electron chi connectivity index (χ3n) is 4.84. The van der Waals surface area contributed by atoms with Crippen LogP contribution in [0.3, 0.4) is 0 Å². The van der Waals surface area contributed by atoms with E-state index in [1.165, 1.54) is 31.7 Å². The Kier molecular flexibility index (Phi) is 4.73. The Labute approximate surface area is 125 Å². The lowest BCUT2D eigenvalue weighted by atomic mass is 10.0. The van der Waals surface area contributed by atoms with Crippen LogP contribution in [0.4, 0.5) is 14.5 Å². The van der Waals surface area contributed by atoms with Crippen molar-refractivity contribution >= 4 is 5.69 Å². The minimum atomic E-state index is -0.510. The van der Waals surface area contributed by atoms with Crippen LogP contribution >= 0.6 is 0 Å². The van der Waals surface area contributed by atoms with Crippen LogP contribution in [0.5, 0.6) is 0 Å². The highest BCUT2D eigenvalue weighted by atomic mass is 19.1. The number of anilines is 1. The normalized spacial score (nSPS) is 23.7. The lowest BCUT2D eigenvalue weighted by Crippen LogP contribution is -2.47. The molecule has 2 nitrogen and oxygen atoms in total. The van der Waals surface area contributed by atoms with Crippen molar-refractivity contribution in [3.8, 4) is 0 Å². The third-order valence-corrected chi connectivity index (χ3v) is 4.84. The molecule has 1 atom stereocenters. The molecule has 1 aliphatic carbocycles. The molecule has 0 amide bonds. The summed E-state index contributed by atoms with van der Waals surface area (Å²) in [6.45, 7) is 2.75. The van der Waals surface area contributed by atoms with E-state index in [0.717, 1.165) is 44.5 Å². The molecule has 0 radical (unpaired) electrons. The zero-order valence-corrected chi connectivity index (χ0v) is 12.5. The van der Waals surface area contributed by atoms with Gasteiger partial charge in [-0.2, -0.15) is 0 Å². The maximum Gasteiger partial charge on any atom is 0.149 e. The molecule has 0 bridgehead atoms. The molecule has 0 spiro atoms. The summed E-state index contributed by atoms with van der Waals surface area (Å²) in [5.41, 5.74) is 0.531. The second-order valence-corrected chi connectivity index (χ2v) is 6.44. The molecule has 1 aliphatic heterocycles. The van der Waals surface area contributed by atoms with E-state index in [1.807, 2.05) is 4.90 Å². The molecule has 1 aromatic rings. The van der Waals surface area contributed by atoms with E-state index in [0.29, 0.717) is 11.7 Å². The summed E-state index contributed by atoms with van der Waals surface area (Å²) in [5, 5.41) is 3.66. The molecule has 3 rings (SSSR count). The fourth-order valence-electron chi connectivity index (χ4n) is 3.65. The van der Waals surface area contributed by atoms with Gasteiger partial charge in [-0.15, -0.1) is 0 Å². The molecule has 116 valence electrons. The quantitative estimate of drug-likeness (QED) is 0.910. The second-order valence-electron chi connectivity index (χ2n) is 6.44. The number of rotatable bonds is 4. The molecule has 1 saturated carbocycles. The first-order chi connectivity index (χ1) is 10.2. The summed E-state index contributed by atoms with van der Waals surface area (Å²) in [6.07, 6.45) is 7.62. The number of nitrogens with one attached hydrogen (secondary N) is 1. The Morgan fingerprint density at radius 1 is 1.10 bits per heavy atom. The zero-order valence-electron chi connectivity index (χ0n) is 12.5. The molecule has 1 aromatic carbocycles. The molecule has 2 aliphatic rings. The van der Waals surface area contributed by atoms with Crippen molar-refractivity contribution in [2.24, 2.45) is 5.92 Å². The molecular formula is C17H24F2N2. The summed E-state index contributed by atoms with van der Waals surface area (Å²) in [7, 11) is 0. The van der Waals surface area contributed by atoms with Gasteiger partial charge in [0.25, 0.3) is 0 Å². The maximum atomic E-state index is 13.9. The number of halogens is 2. The molecule has 0 aromatic heterocycles. The van der Waals surface area contributed by atoms with Crippen LogP contribution in [-0.2, 0) is 0 Å². The van der Waals surface area contributed by atoms with E-state index in [4.69, 9.17) is 0 Å². The van der Waals surface area contributed by atoms with Gasteiger partial charge < -0.3 is 10.2 Å². The standard InChI is InChI=1S/C17H24F2N2/c18-14-7-8-17(16(19)10-14)21-9-3-6-15(12-21)20-11-13-4-1-2-5-13/h7-8,10,13,15,20H,1-6,9,11-12H2. The number of hydrogen-bond donors (Lipinski definition) is 1. The van der Waals surface area contributed by atoms with E-state index < -0.39 is 11.6 Å². The molecule has 2 fully saturated rings. The lowest BCUT2D eigenvalue weighted by molar-refractivity contribution is 0.381. The molecule has 1 heterocycles. The van der Waals surface area contributed by atoms with Crippen LogP contribution in [0.1, 0.15) is 38.5 Å². The monoisotopic (exact) mass is 294 g/mol. The Morgan fingerprint density at radius 3 is 2.67 bits per heavy atom. The topological polar surface area (TPSA) is 15.3 Å². The fourth-order valence-corrected chi connectivity index (χ4v) is 3.65. The highest BCUT2D eigenvalue weighted by Gasteiger charge is 2.23. The number of benzene rings is 1. The molecule has 1 unspecified atom stereocenters. The van der Waals surface area contributed by atoms with Crippen molar-refractivity contribution in [1.82, 2.24) is 5.32 Å². The van der Waals surface area contributed by atoms with Gasteiger partial charge in [0.05, 0.1) is 5.69 Å². The Hall–Kier alpha value is -1.16. The fraction of sp³-hybridized carbons (Fsp3) is 0.647. The summed E-state index contributed by atoms with van der Waals surface area (Å²) in [5.74, 6) is -0.140. The predicted octanol–water partition coefficient (Wildman–Crippen LogP) is 3.71. The van der Waals surface area contributed by atoms with Crippen molar-refractivity contribution in [2.45, 2.75) is 44.6 Å². The van der Waals surface area contributed by atoms with E-state index in [-0.39, 0.29) is 0 Å². The van der Waals surface area contributed by atoms with Crippen LogP contribution in [-0.4, -0.2) is 25.7 Å². The molecule has 4 heteroatoms. The minimum absolute atomic E-state index is 0.420. The van der Waals surface area contributed by atoms with Crippen LogP contribution in [0.2, 0.25) is 0 Å². The van der Waals surface area contributed by atoms with Crippen molar-refractivity contribution < 1.29 is 8.78 Å². The third kappa shape index (κ3) is 3.73. The number of piperidine rings is 1. The van der Waals surface area contributed by atoms with Crippen molar-refractivity contribution in [3.63, 3.8) is 0 Å². The van der Waals surface area contributed by atoms with Gasteiger partial charge >= 0.3 is 0 Å². The minimum Gasteiger partial charge on any atom is -0.368 e. The highest BCUT2D eigenvalue weighted by Crippen LogP contribution is 2.26. The van der Waals surface area contributed by atoms with Gasteiger partial charge in [0, 0.05) is 25.2 Å². The Balaban J connectivity index is 1.57. The molecule has 1 saturated heterocycles. The van der Waals surface area contributed by atoms with Gasteiger partial charge in [-0.25, -0.2) is 8.78 Å². The molecular weight excluding hydrogens is 270 g/mol. The van der Waals surface area contributed by atoms with Gasteiger partial charge in [0.15, 0.2) is 0 Å². The Bertz CT molecular complexity index is 472. The zero-order chi connectivity index (χ0) is 14.7. The van der Waals surface area contributed by atoms with Gasteiger partial charge in [0.1, 0.15) is 11.6 Å². The second kappa shape index (κ2) is 6.73. The van der Waals surface area contributed by atoms with Gasteiger partial charge in [-0.05, 0) is 50.3 Å². The Morgan fingerprint density at radius 2 is 1.90 bits per heavy atom. The molecule has 21 heavy (non-hydrogen) atoms. The summed E-state index contributed by atoms with van der Waals surface area (Å²) >= 11 is 0. The van der Waals surface area contributed by atoms with E-state index in [2.05, 4.69) is 5.32 Å². The highest BCUT2D eigenvalue weighted by molar-refractivity contribution is 5.48. The number of nitrogens with zero attached hydrogens (tertiary/aromatic N) is 1. The van der Waals surface area contributed by atoms with E-state index in [9.17, 15) is 8.78 Å². The van der Waals surface area contributed by atoms with Gasteiger partial charge in [0.2, 0.25) is 0 Å². The average Bonchev–Trinajstić information content (AvgIpc) is 2.99. The maximum absolute atomic E-state index is 13.9. The smallest absolute Gasteiger partial charge is 0.149 e. The van der Waals surface area contributed by atoms with Crippen molar-refractivity contribution in [2.75, 3.05) is 24.5 Å². The first kappa shape index (κ1) is 14.8. The first-order valence-corrected chi connectivity index (χ1v) is 8.16. The predicted molar refractivity (Wildman–Crippen MR) is 81.6 cm³/mol. The molecule has 1 N–H and O–H groups in total. The van der Waals surface area contributed by atoms with Crippen LogP contribution in [0.25, 0.3) is 0 Å². The SMILES string of the molecule is Fc1ccc(N2CCCC(NCC3CCCC3)C2)c(F)c1. The largest absolute Gasteiger partial charge is 0.368 e.